The smallest absolute Gasteiger partial charge is 0.249 e. The fourth-order valence-electron chi connectivity index (χ4n) is 3.14. The minimum Gasteiger partial charge on any atom is -0.366 e. The summed E-state index contributed by atoms with van der Waals surface area (Å²) in [5, 5.41) is 0. The number of aryl methyl sites for hydroxylation is 1. The molecule has 0 saturated carbocycles. The molecule has 1 amide bonds. The standard InChI is InChI=1S/C20H27N3O3S/c1-3-7-15-10-11-18(20(21)24)17(8-4-2)19(15)27(25,26)23-14-12-16-9-5-6-13-22-16/h5-6,9-11,13,23H,3-4,7-8,12,14H2,1-2H3,(H2,21,24). The summed E-state index contributed by atoms with van der Waals surface area (Å²) >= 11 is 0. The molecule has 0 atom stereocenters. The first-order chi connectivity index (χ1) is 12.9. The van der Waals surface area contributed by atoms with Gasteiger partial charge in [0.05, 0.1) is 4.90 Å². The van der Waals surface area contributed by atoms with Gasteiger partial charge in [0.1, 0.15) is 0 Å². The summed E-state index contributed by atoms with van der Waals surface area (Å²) in [6.45, 7) is 4.17. The molecule has 1 heterocycles. The van der Waals surface area contributed by atoms with Gasteiger partial charge in [0.15, 0.2) is 0 Å². The molecule has 1 aromatic heterocycles. The van der Waals surface area contributed by atoms with Crippen LogP contribution in [0.15, 0.2) is 41.4 Å². The zero-order chi connectivity index (χ0) is 19.9. The van der Waals surface area contributed by atoms with Gasteiger partial charge in [0.2, 0.25) is 15.9 Å². The molecule has 0 fully saturated rings. The van der Waals surface area contributed by atoms with Crippen LogP contribution in [0.2, 0.25) is 0 Å². The summed E-state index contributed by atoms with van der Waals surface area (Å²) in [4.78, 5) is 16.3. The molecule has 0 aliphatic heterocycles. The number of rotatable bonds is 10. The van der Waals surface area contributed by atoms with Gasteiger partial charge < -0.3 is 5.73 Å². The Kier molecular flexibility index (Phi) is 7.50. The lowest BCUT2D eigenvalue weighted by Gasteiger charge is -2.18. The molecule has 0 unspecified atom stereocenters. The number of nitrogens with one attached hydrogen (secondary N) is 1. The van der Waals surface area contributed by atoms with Gasteiger partial charge in [-0.2, -0.15) is 0 Å². The molecule has 0 radical (unpaired) electrons. The Bertz CT molecular complexity index is 881. The minimum absolute atomic E-state index is 0.212. The number of primary amides is 1. The molecule has 3 N–H and O–H groups in total. The number of aromatic nitrogens is 1. The number of amides is 1. The minimum atomic E-state index is -3.78. The van der Waals surface area contributed by atoms with Gasteiger partial charge in [-0.3, -0.25) is 9.78 Å². The Morgan fingerprint density at radius 3 is 2.41 bits per heavy atom. The maximum absolute atomic E-state index is 13.1. The van der Waals surface area contributed by atoms with E-state index in [-0.39, 0.29) is 17.0 Å². The number of sulfonamides is 1. The number of carbonyl (C=O) groups excluding carboxylic acids is 1. The van der Waals surface area contributed by atoms with Crippen LogP contribution in [-0.4, -0.2) is 25.9 Å². The van der Waals surface area contributed by atoms with Crippen LogP contribution in [0.1, 0.15) is 53.9 Å². The van der Waals surface area contributed by atoms with Crippen molar-refractivity contribution >= 4 is 15.9 Å². The maximum Gasteiger partial charge on any atom is 0.249 e. The average Bonchev–Trinajstić information content (AvgIpc) is 2.62. The third kappa shape index (κ3) is 5.37. The SMILES string of the molecule is CCCc1ccc(C(N)=O)c(CCC)c1S(=O)(=O)NCCc1ccccn1. The molecule has 146 valence electrons. The number of nitrogens with zero attached hydrogens (tertiary/aromatic N) is 1. The van der Waals surface area contributed by atoms with E-state index in [2.05, 4.69) is 9.71 Å². The monoisotopic (exact) mass is 389 g/mol. The van der Waals surface area contributed by atoms with E-state index in [9.17, 15) is 13.2 Å². The molecule has 2 aromatic rings. The summed E-state index contributed by atoms with van der Waals surface area (Å²) in [6.07, 6.45) is 4.78. The van der Waals surface area contributed by atoms with Crippen LogP contribution in [0.4, 0.5) is 0 Å². The molecule has 0 bridgehead atoms. The normalized spacial score (nSPS) is 11.5. The third-order valence-electron chi connectivity index (χ3n) is 4.29. The quantitative estimate of drug-likeness (QED) is 0.652. The van der Waals surface area contributed by atoms with E-state index in [1.807, 2.05) is 32.0 Å². The van der Waals surface area contributed by atoms with Crippen molar-refractivity contribution < 1.29 is 13.2 Å². The highest BCUT2D eigenvalue weighted by Crippen LogP contribution is 2.27. The lowest BCUT2D eigenvalue weighted by molar-refractivity contribution is 0.0999. The number of carbonyl (C=O) groups is 1. The van der Waals surface area contributed by atoms with Crippen molar-refractivity contribution in [2.24, 2.45) is 5.73 Å². The van der Waals surface area contributed by atoms with E-state index < -0.39 is 15.9 Å². The molecule has 6 nitrogen and oxygen atoms in total. The fraction of sp³-hybridized carbons (Fsp3) is 0.400. The van der Waals surface area contributed by atoms with Gasteiger partial charge in [0, 0.05) is 30.4 Å². The van der Waals surface area contributed by atoms with Crippen molar-refractivity contribution in [2.75, 3.05) is 6.54 Å². The maximum atomic E-state index is 13.1. The van der Waals surface area contributed by atoms with E-state index in [4.69, 9.17) is 5.73 Å². The number of hydrogen-bond donors (Lipinski definition) is 2. The van der Waals surface area contributed by atoms with Crippen molar-refractivity contribution in [3.8, 4) is 0 Å². The molecular formula is C20H27N3O3S. The third-order valence-corrected chi connectivity index (χ3v) is 5.93. The molecule has 1 aromatic carbocycles. The van der Waals surface area contributed by atoms with Gasteiger partial charge in [-0.25, -0.2) is 13.1 Å². The first-order valence-corrected chi connectivity index (χ1v) is 10.7. The Morgan fingerprint density at radius 1 is 1.07 bits per heavy atom. The number of benzene rings is 1. The lowest BCUT2D eigenvalue weighted by atomic mass is 9.97. The molecular weight excluding hydrogens is 362 g/mol. The highest BCUT2D eigenvalue weighted by molar-refractivity contribution is 7.89. The molecule has 7 heteroatoms. The van der Waals surface area contributed by atoms with Gasteiger partial charge >= 0.3 is 0 Å². The molecule has 0 aliphatic carbocycles. The molecule has 0 aliphatic rings. The molecule has 0 spiro atoms. The second-order valence-corrected chi connectivity index (χ2v) is 8.12. The summed E-state index contributed by atoms with van der Waals surface area (Å²) in [7, 11) is -3.78. The van der Waals surface area contributed by atoms with E-state index in [1.165, 1.54) is 0 Å². The second kappa shape index (κ2) is 9.62. The van der Waals surface area contributed by atoms with Crippen LogP contribution in [0.5, 0.6) is 0 Å². The van der Waals surface area contributed by atoms with Gasteiger partial charge in [-0.15, -0.1) is 0 Å². The highest BCUT2D eigenvalue weighted by Gasteiger charge is 2.25. The van der Waals surface area contributed by atoms with E-state index >= 15 is 0 Å². The predicted molar refractivity (Wildman–Crippen MR) is 106 cm³/mol. The number of pyridine rings is 1. The Balaban J connectivity index is 2.39. The fourth-order valence-corrected chi connectivity index (χ4v) is 4.70. The second-order valence-electron chi connectivity index (χ2n) is 6.41. The molecule has 27 heavy (non-hydrogen) atoms. The molecule has 0 saturated heterocycles. The largest absolute Gasteiger partial charge is 0.366 e. The predicted octanol–water partition coefficient (Wildman–Crippen LogP) is 2.61. The van der Waals surface area contributed by atoms with Crippen molar-refractivity contribution in [1.29, 1.82) is 0 Å². The van der Waals surface area contributed by atoms with Crippen LogP contribution in [-0.2, 0) is 29.3 Å². The first kappa shape index (κ1) is 21.1. The van der Waals surface area contributed by atoms with E-state index in [0.29, 0.717) is 31.2 Å². The van der Waals surface area contributed by atoms with E-state index in [1.54, 1.807) is 18.3 Å². The van der Waals surface area contributed by atoms with Gasteiger partial charge in [-0.1, -0.05) is 38.8 Å². The zero-order valence-electron chi connectivity index (χ0n) is 15.9. The van der Waals surface area contributed by atoms with Gasteiger partial charge in [-0.05, 0) is 42.2 Å². The highest BCUT2D eigenvalue weighted by atomic mass is 32.2. The number of nitrogens with two attached hydrogens (primary N) is 1. The van der Waals surface area contributed by atoms with Crippen molar-refractivity contribution in [3.63, 3.8) is 0 Å². The average molecular weight is 390 g/mol. The van der Waals surface area contributed by atoms with Crippen LogP contribution in [0.25, 0.3) is 0 Å². The van der Waals surface area contributed by atoms with Crippen LogP contribution in [0, 0.1) is 0 Å². The first-order valence-electron chi connectivity index (χ1n) is 9.24. The van der Waals surface area contributed by atoms with E-state index in [0.717, 1.165) is 17.7 Å². The zero-order valence-corrected chi connectivity index (χ0v) is 16.7. The number of hydrogen-bond acceptors (Lipinski definition) is 4. The van der Waals surface area contributed by atoms with Crippen LogP contribution >= 0.6 is 0 Å². The summed E-state index contributed by atoms with van der Waals surface area (Å²) < 4.78 is 28.9. The Hall–Kier alpha value is -2.25. The van der Waals surface area contributed by atoms with Crippen LogP contribution < -0.4 is 10.5 Å². The van der Waals surface area contributed by atoms with Crippen LogP contribution in [0.3, 0.4) is 0 Å². The topological polar surface area (TPSA) is 102 Å². The van der Waals surface area contributed by atoms with Gasteiger partial charge in [0.25, 0.3) is 0 Å². The summed E-state index contributed by atoms with van der Waals surface area (Å²) in [6, 6.07) is 8.89. The van der Waals surface area contributed by atoms with Crippen molar-refractivity contribution in [1.82, 2.24) is 9.71 Å². The van der Waals surface area contributed by atoms with Crippen molar-refractivity contribution in [2.45, 2.75) is 50.8 Å². The summed E-state index contributed by atoms with van der Waals surface area (Å²) in [5.41, 5.74) is 7.82. The Labute approximate surface area is 161 Å². The molecule has 2 rings (SSSR count). The Morgan fingerprint density at radius 2 is 1.81 bits per heavy atom. The lowest BCUT2D eigenvalue weighted by Crippen LogP contribution is -2.29. The van der Waals surface area contributed by atoms with Crippen molar-refractivity contribution in [3.05, 3.63) is 58.9 Å². The summed E-state index contributed by atoms with van der Waals surface area (Å²) in [5.74, 6) is -0.605.